The Hall–Kier alpha value is -1.88. The molecule has 0 spiro atoms. The molecule has 0 aliphatic carbocycles. The first kappa shape index (κ1) is 11.2. The molecule has 0 bridgehead atoms. The van der Waals surface area contributed by atoms with Crippen molar-refractivity contribution in [1.29, 1.82) is 0 Å². The topological polar surface area (TPSA) is 56.7 Å². The fourth-order valence-corrected chi connectivity index (χ4v) is 2.88. The van der Waals surface area contributed by atoms with E-state index in [0.717, 1.165) is 23.3 Å². The summed E-state index contributed by atoms with van der Waals surface area (Å²) in [4.78, 5) is 8.80. The molecular formula is C13H14N4S. The van der Waals surface area contributed by atoms with Crippen molar-refractivity contribution in [1.82, 2.24) is 14.5 Å². The van der Waals surface area contributed by atoms with Gasteiger partial charge in [-0.2, -0.15) is 11.3 Å². The van der Waals surface area contributed by atoms with Crippen molar-refractivity contribution in [3.8, 4) is 0 Å². The SMILES string of the molecule is Cc1cscc1Cn1c(N)nc2c(C)ccnc21. The van der Waals surface area contributed by atoms with Crippen LogP contribution in [0.1, 0.15) is 16.7 Å². The summed E-state index contributed by atoms with van der Waals surface area (Å²) in [6.07, 6.45) is 1.80. The van der Waals surface area contributed by atoms with Gasteiger partial charge in [-0.15, -0.1) is 0 Å². The molecule has 0 aromatic carbocycles. The van der Waals surface area contributed by atoms with Crippen molar-refractivity contribution in [2.24, 2.45) is 0 Å². The zero-order valence-corrected chi connectivity index (χ0v) is 11.2. The lowest BCUT2D eigenvalue weighted by Gasteiger charge is -2.05. The van der Waals surface area contributed by atoms with Crippen molar-refractivity contribution < 1.29 is 0 Å². The summed E-state index contributed by atoms with van der Waals surface area (Å²) in [7, 11) is 0. The first-order valence-corrected chi connectivity index (χ1v) is 6.70. The maximum Gasteiger partial charge on any atom is 0.202 e. The summed E-state index contributed by atoms with van der Waals surface area (Å²) < 4.78 is 1.97. The van der Waals surface area contributed by atoms with Crippen LogP contribution < -0.4 is 5.73 Å². The number of nitrogens with zero attached hydrogens (tertiary/aromatic N) is 3. The van der Waals surface area contributed by atoms with Crippen LogP contribution in [-0.4, -0.2) is 14.5 Å². The van der Waals surface area contributed by atoms with Crippen LogP contribution in [0.15, 0.2) is 23.0 Å². The Labute approximate surface area is 109 Å². The van der Waals surface area contributed by atoms with Crippen molar-refractivity contribution in [3.63, 3.8) is 0 Å². The van der Waals surface area contributed by atoms with Gasteiger partial charge in [-0.1, -0.05) is 0 Å². The first-order chi connectivity index (χ1) is 8.66. The number of thiophene rings is 1. The summed E-state index contributed by atoms with van der Waals surface area (Å²) in [6, 6.07) is 1.95. The molecule has 0 amide bonds. The maximum atomic E-state index is 6.00. The maximum absolute atomic E-state index is 6.00. The number of aryl methyl sites for hydroxylation is 2. The highest BCUT2D eigenvalue weighted by Crippen LogP contribution is 2.22. The second-order valence-electron chi connectivity index (χ2n) is 4.44. The highest BCUT2D eigenvalue weighted by Gasteiger charge is 2.12. The van der Waals surface area contributed by atoms with Crippen molar-refractivity contribution >= 4 is 28.4 Å². The lowest BCUT2D eigenvalue weighted by atomic mass is 10.2. The van der Waals surface area contributed by atoms with E-state index in [1.165, 1.54) is 11.1 Å². The summed E-state index contributed by atoms with van der Waals surface area (Å²) in [5, 5.41) is 4.29. The standard InChI is InChI=1S/C13H14N4S/c1-8-3-4-15-12-11(8)16-13(14)17(12)5-10-7-18-6-9(10)2/h3-4,6-7H,5H2,1-2H3,(H2,14,16). The third-order valence-electron chi connectivity index (χ3n) is 3.16. The van der Waals surface area contributed by atoms with Crippen LogP contribution in [0.5, 0.6) is 0 Å². The molecule has 0 fully saturated rings. The Balaban J connectivity index is 2.15. The largest absolute Gasteiger partial charge is 0.369 e. The zero-order valence-electron chi connectivity index (χ0n) is 10.3. The molecule has 2 N–H and O–H groups in total. The van der Waals surface area contributed by atoms with Gasteiger partial charge in [-0.25, -0.2) is 9.97 Å². The molecule has 5 heteroatoms. The number of anilines is 1. The number of hydrogen-bond acceptors (Lipinski definition) is 4. The van der Waals surface area contributed by atoms with E-state index in [1.807, 2.05) is 17.6 Å². The van der Waals surface area contributed by atoms with Crippen molar-refractivity contribution in [3.05, 3.63) is 39.7 Å². The highest BCUT2D eigenvalue weighted by molar-refractivity contribution is 7.08. The Morgan fingerprint density at radius 2 is 2.11 bits per heavy atom. The fourth-order valence-electron chi connectivity index (χ4n) is 2.03. The first-order valence-electron chi connectivity index (χ1n) is 5.76. The number of imidazole rings is 1. The lowest BCUT2D eigenvalue weighted by Crippen LogP contribution is -2.05. The molecule has 92 valence electrons. The summed E-state index contributed by atoms with van der Waals surface area (Å²) in [5.74, 6) is 0.525. The number of nitrogens with two attached hydrogens (primary N) is 1. The number of fused-ring (bicyclic) bond motifs is 1. The van der Waals surface area contributed by atoms with Crippen LogP contribution in [-0.2, 0) is 6.54 Å². The van der Waals surface area contributed by atoms with Crippen LogP contribution in [0, 0.1) is 13.8 Å². The molecule has 0 atom stereocenters. The fraction of sp³-hybridized carbons (Fsp3) is 0.231. The monoisotopic (exact) mass is 258 g/mol. The predicted molar refractivity (Wildman–Crippen MR) is 74.8 cm³/mol. The summed E-state index contributed by atoms with van der Waals surface area (Å²) in [6.45, 7) is 4.87. The summed E-state index contributed by atoms with van der Waals surface area (Å²) >= 11 is 1.71. The van der Waals surface area contributed by atoms with Gasteiger partial charge < -0.3 is 5.73 Å². The van der Waals surface area contributed by atoms with Gasteiger partial charge in [-0.05, 0) is 47.4 Å². The van der Waals surface area contributed by atoms with Gasteiger partial charge in [0.2, 0.25) is 5.95 Å². The molecule has 0 saturated carbocycles. The van der Waals surface area contributed by atoms with E-state index in [9.17, 15) is 0 Å². The number of nitrogen functional groups attached to an aromatic ring is 1. The molecule has 0 aliphatic heterocycles. The smallest absolute Gasteiger partial charge is 0.202 e. The summed E-state index contributed by atoms with van der Waals surface area (Å²) in [5.41, 5.74) is 11.4. The van der Waals surface area contributed by atoms with Crippen LogP contribution in [0.4, 0.5) is 5.95 Å². The molecule has 0 unspecified atom stereocenters. The van der Waals surface area contributed by atoms with Crippen LogP contribution >= 0.6 is 11.3 Å². The van der Waals surface area contributed by atoms with E-state index in [0.29, 0.717) is 5.95 Å². The molecule has 0 aliphatic rings. The minimum Gasteiger partial charge on any atom is -0.369 e. The average Bonchev–Trinajstić information content (AvgIpc) is 2.87. The molecular weight excluding hydrogens is 244 g/mol. The molecule has 4 nitrogen and oxygen atoms in total. The minimum absolute atomic E-state index is 0.525. The number of hydrogen-bond donors (Lipinski definition) is 1. The Morgan fingerprint density at radius 3 is 2.83 bits per heavy atom. The molecule has 3 aromatic rings. The van der Waals surface area contributed by atoms with Crippen molar-refractivity contribution in [2.45, 2.75) is 20.4 Å². The Bertz CT molecular complexity index is 711. The number of pyridine rings is 1. The number of rotatable bonds is 2. The van der Waals surface area contributed by atoms with Crippen molar-refractivity contribution in [2.75, 3.05) is 5.73 Å². The van der Waals surface area contributed by atoms with Gasteiger partial charge in [-0.3, -0.25) is 4.57 Å². The minimum atomic E-state index is 0.525. The third kappa shape index (κ3) is 1.67. The Morgan fingerprint density at radius 1 is 1.28 bits per heavy atom. The van der Waals surface area contributed by atoms with Gasteiger partial charge in [0.1, 0.15) is 5.52 Å². The molecule has 3 aromatic heterocycles. The molecule has 0 saturated heterocycles. The number of aromatic nitrogens is 3. The molecule has 18 heavy (non-hydrogen) atoms. The second kappa shape index (κ2) is 4.10. The van der Waals surface area contributed by atoms with E-state index in [2.05, 4.69) is 27.7 Å². The Kier molecular flexibility index (Phi) is 2.56. The van der Waals surface area contributed by atoms with Crippen LogP contribution in [0.2, 0.25) is 0 Å². The van der Waals surface area contributed by atoms with Crippen LogP contribution in [0.3, 0.4) is 0 Å². The quantitative estimate of drug-likeness (QED) is 0.769. The second-order valence-corrected chi connectivity index (χ2v) is 5.18. The van der Waals surface area contributed by atoms with Gasteiger partial charge in [0.05, 0.1) is 6.54 Å². The molecule has 3 rings (SSSR count). The van der Waals surface area contributed by atoms with Gasteiger partial charge in [0, 0.05) is 6.20 Å². The van der Waals surface area contributed by atoms with Gasteiger partial charge >= 0.3 is 0 Å². The zero-order chi connectivity index (χ0) is 12.7. The lowest BCUT2D eigenvalue weighted by molar-refractivity contribution is 0.826. The predicted octanol–water partition coefficient (Wildman–Crippen LogP) is 2.74. The van der Waals surface area contributed by atoms with Crippen LogP contribution in [0.25, 0.3) is 11.2 Å². The normalized spacial score (nSPS) is 11.2. The molecule has 0 radical (unpaired) electrons. The van der Waals surface area contributed by atoms with E-state index in [1.54, 1.807) is 17.5 Å². The van der Waals surface area contributed by atoms with E-state index in [-0.39, 0.29) is 0 Å². The molecule has 3 heterocycles. The average molecular weight is 258 g/mol. The van der Waals surface area contributed by atoms with E-state index >= 15 is 0 Å². The highest BCUT2D eigenvalue weighted by atomic mass is 32.1. The van der Waals surface area contributed by atoms with Gasteiger partial charge in [0.15, 0.2) is 5.65 Å². The van der Waals surface area contributed by atoms with Gasteiger partial charge in [0.25, 0.3) is 0 Å². The van der Waals surface area contributed by atoms with E-state index in [4.69, 9.17) is 5.73 Å². The third-order valence-corrected chi connectivity index (χ3v) is 4.07. The van der Waals surface area contributed by atoms with E-state index < -0.39 is 0 Å².